The Morgan fingerprint density at radius 2 is 2.05 bits per heavy atom. The monoisotopic (exact) mass is 293 g/mol. The maximum atomic E-state index is 13.6. The Labute approximate surface area is 125 Å². The standard InChI is InChI=1S/C17H24FNO2/c1-12-2-4-13(5-3-12)8-9-19-11-15-10-14(17(20)21)6-7-16(15)18/h6-7,10,12-13,19H,2-5,8-9,11H2,1H3,(H,20,21). The van der Waals surface area contributed by atoms with Crippen molar-refractivity contribution in [3.05, 3.63) is 35.1 Å². The van der Waals surface area contributed by atoms with Crippen LogP contribution in [0.1, 0.15) is 54.9 Å². The average Bonchev–Trinajstić information content (AvgIpc) is 2.47. The van der Waals surface area contributed by atoms with Crippen molar-refractivity contribution >= 4 is 5.97 Å². The van der Waals surface area contributed by atoms with Crippen molar-refractivity contribution in [2.75, 3.05) is 6.54 Å². The maximum absolute atomic E-state index is 13.6. The lowest BCUT2D eigenvalue weighted by atomic mass is 9.81. The first kappa shape index (κ1) is 16.0. The molecule has 0 spiro atoms. The molecule has 0 radical (unpaired) electrons. The van der Waals surface area contributed by atoms with Crippen LogP contribution in [-0.2, 0) is 6.54 Å². The molecule has 0 heterocycles. The molecule has 0 unspecified atom stereocenters. The van der Waals surface area contributed by atoms with Gasteiger partial charge in [-0.3, -0.25) is 0 Å². The normalized spacial score (nSPS) is 22.2. The van der Waals surface area contributed by atoms with E-state index in [1.165, 1.54) is 43.9 Å². The van der Waals surface area contributed by atoms with E-state index in [9.17, 15) is 9.18 Å². The second-order valence-corrected chi connectivity index (χ2v) is 6.20. The zero-order chi connectivity index (χ0) is 15.2. The highest BCUT2D eigenvalue weighted by molar-refractivity contribution is 5.87. The van der Waals surface area contributed by atoms with Gasteiger partial charge in [0.15, 0.2) is 0 Å². The van der Waals surface area contributed by atoms with Crippen LogP contribution in [-0.4, -0.2) is 17.6 Å². The van der Waals surface area contributed by atoms with Crippen LogP contribution in [0.25, 0.3) is 0 Å². The molecular weight excluding hydrogens is 269 g/mol. The predicted octanol–water partition coefficient (Wildman–Crippen LogP) is 3.83. The molecule has 1 saturated carbocycles. The minimum absolute atomic E-state index is 0.134. The van der Waals surface area contributed by atoms with Gasteiger partial charge in [0.25, 0.3) is 0 Å². The van der Waals surface area contributed by atoms with Gasteiger partial charge in [0.1, 0.15) is 5.82 Å². The Bertz CT molecular complexity index is 482. The zero-order valence-electron chi connectivity index (χ0n) is 12.6. The Kier molecular flexibility index (Phi) is 5.74. The number of hydrogen-bond acceptors (Lipinski definition) is 2. The predicted molar refractivity (Wildman–Crippen MR) is 80.8 cm³/mol. The summed E-state index contributed by atoms with van der Waals surface area (Å²) in [6, 6.07) is 3.93. The maximum Gasteiger partial charge on any atom is 0.335 e. The number of halogens is 1. The molecule has 0 saturated heterocycles. The van der Waals surface area contributed by atoms with Crippen LogP contribution >= 0.6 is 0 Å². The van der Waals surface area contributed by atoms with E-state index in [0.717, 1.165) is 24.8 Å². The van der Waals surface area contributed by atoms with Crippen molar-refractivity contribution in [3.63, 3.8) is 0 Å². The van der Waals surface area contributed by atoms with Crippen molar-refractivity contribution in [2.45, 2.75) is 45.6 Å². The molecule has 0 aliphatic heterocycles. The number of benzene rings is 1. The molecule has 3 nitrogen and oxygen atoms in total. The lowest BCUT2D eigenvalue weighted by Crippen LogP contribution is -2.21. The smallest absolute Gasteiger partial charge is 0.335 e. The van der Waals surface area contributed by atoms with E-state index in [0.29, 0.717) is 12.1 Å². The number of carboxylic acid groups (broad SMARTS) is 1. The summed E-state index contributed by atoms with van der Waals surface area (Å²) in [5.74, 6) is 0.275. The second-order valence-electron chi connectivity index (χ2n) is 6.20. The van der Waals surface area contributed by atoms with E-state index in [1.54, 1.807) is 0 Å². The topological polar surface area (TPSA) is 49.3 Å². The molecular formula is C17H24FNO2. The summed E-state index contributed by atoms with van der Waals surface area (Å²) in [6.45, 7) is 3.55. The van der Waals surface area contributed by atoms with Crippen LogP contribution in [0.2, 0.25) is 0 Å². The highest BCUT2D eigenvalue weighted by Gasteiger charge is 2.17. The number of rotatable bonds is 6. The largest absolute Gasteiger partial charge is 0.478 e. The molecule has 2 rings (SSSR count). The Morgan fingerprint density at radius 1 is 1.33 bits per heavy atom. The highest BCUT2D eigenvalue weighted by atomic mass is 19.1. The van der Waals surface area contributed by atoms with Crippen molar-refractivity contribution in [1.82, 2.24) is 5.32 Å². The van der Waals surface area contributed by atoms with E-state index >= 15 is 0 Å². The summed E-state index contributed by atoms with van der Waals surface area (Å²) in [6.07, 6.45) is 6.35. The Hall–Kier alpha value is -1.42. The van der Waals surface area contributed by atoms with E-state index in [1.807, 2.05) is 0 Å². The summed E-state index contributed by atoms with van der Waals surface area (Å²) >= 11 is 0. The fourth-order valence-electron chi connectivity index (χ4n) is 2.99. The van der Waals surface area contributed by atoms with Gasteiger partial charge in [-0.05, 0) is 43.0 Å². The zero-order valence-corrected chi connectivity index (χ0v) is 12.6. The van der Waals surface area contributed by atoms with Crippen LogP contribution in [0.15, 0.2) is 18.2 Å². The molecule has 0 bridgehead atoms. The van der Waals surface area contributed by atoms with Gasteiger partial charge in [-0.1, -0.05) is 32.6 Å². The van der Waals surface area contributed by atoms with Gasteiger partial charge < -0.3 is 10.4 Å². The molecule has 4 heteroatoms. The van der Waals surface area contributed by atoms with Gasteiger partial charge >= 0.3 is 5.97 Å². The summed E-state index contributed by atoms with van der Waals surface area (Å²) in [7, 11) is 0. The van der Waals surface area contributed by atoms with Gasteiger partial charge in [-0.25, -0.2) is 9.18 Å². The molecule has 1 aromatic carbocycles. The van der Waals surface area contributed by atoms with Gasteiger partial charge in [-0.15, -0.1) is 0 Å². The number of aromatic carboxylic acids is 1. The molecule has 1 aromatic rings. The Morgan fingerprint density at radius 3 is 2.71 bits per heavy atom. The summed E-state index contributed by atoms with van der Waals surface area (Å²) in [4.78, 5) is 10.9. The lowest BCUT2D eigenvalue weighted by Gasteiger charge is -2.26. The first-order valence-corrected chi connectivity index (χ1v) is 7.78. The van der Waals surface area contributed by atoms with Gasteiger partial charge in [0.2, 0.25) is 0 Å². The molecule has 2 N–H and O–H groups in total. The second kappa shape index (κ2) is 7.55. The molecule has 1 fully saturated rings. The molecule has 116 valence electrons. The van der Waals surface area contributed by atoms with E-state index in [2.05, 4.69) is 12.2 Å². The molecule has 1 aliphatic carbocycles. The van der Waals surface area contributed by atoms with Crippen molar-refractivity contribution in [3.8, 4) is 0 Å². The van der Waals surface area contributed by atoms with Crippen molar-refractivity contribution in [1.29, 1.82) is 0 Å². The Balaban J connectivity index is 1.75. The quantitative estimate of drug-likeness (QED) is 0.784. The summed E-state index contributed by atoms with van der Waals surface area (Å²) in [5.41, 5.74) is 0.557. The number of hydrogen-bond donors (Lipinski definition) is 2. The lowest BCUT2D eigenvalue weighted by molar-refractivity contribution is 0.0696. The van der Waals surface area contributed by atoms with Gasteiger partial charge in [-0.2, -0.15) is 0 Å². The van der Waals surface area contributed by atoms with Crippen LogP contribution in [0.5, 0.6) is 0 Å². The minimum Gasteiger partial charge on any atom is -0.478 e. The molecule has 0 amide bonds. The minimum atomic E-state index is -1.02. The first-order valence-electron chi connectivity index (χ1n) is 7.78. The molecule has 21 heavy (non-hydrogen) atoms. The summed E-state index contributed by atoms with van der Waals surface area (Å²) < 4.78 is 13.6. The third-order valence-electron chi connectivity index (χ3n) is 4.47. The number of nitrogens with one attached hydrogen (secondary N) is 1. The van der Waals surface area contributed by atoms with Crippen molar-refractivity contribution < 1.29 is 14.3 Å². The fraction of sp³-hybridized carbons (Fsp3) is 0.588. The SMILES string of the molecule is CC1CCC(CCNCc2cc(C(=O)O)ccc2F)CC1. The third-order valence-corrected chi connectivity index (χ3v) is 4.47. The first-order chi connectivity index (χ1) is 10.1. The van der Waals surface area contributed by atoms with Crippen LogP contribution in [0, 0.1) is 17.7 Å². The molecule has 0 atom stereocenters. The van der Waals surface area contributed by atoms with Gasteiger partial charge in [0, 0.05) is 12.1 Å². The van der Waals surface area contributed by atoms with Crippen LogP contribution in [0.3, 0.4) is 0 Å². The van der Waals surface area contributed by atoms with E-state index in [4.69, 9.17) is 5.11 Å². The van der Waals surface area contributed by atoms with Crippen LogP contribution in [0.4, 0.5) is 4.39 Å². The third kappa shape index (κ3) is 4.81. The van der Waals surface area contributed by atoms with E-state index < -0.39 is 5.97 Å². The summed E-state index contributed by atoms with van der Waals surface area (Å²) in [5, 5.41) is 12.2. The number of carboxylic acids is 1. The fourth-order valence-corrected chi connectivity index (χ4v) is 2.99. The van der Waals surface area contributed by atoms with Gasteiger partial charge in [0.05, 0.1) is 5.56 Å². The van der Waals surface area contributed by atoms with Crippen molar-refractivity contribution in [2.24, 2.45) is 11.8 Å². The van der Waals surface area contributed by atoms with Crippen LogP contribution < -0.4 is 5.32 Å². The highest BCUT2D eigenvalue weighted by Crippen LogP contribution is 2.29. The van der Waals surface area contributed by atoms with E-state index in [-0.39, 0.29) is 11.4 Å². The molecule has 0 aromatic heterocycles. The molecule has 1 aliphatic rings. The average molecular weight is 293 g/mol. The number of carbonyl (C=O) groups is 1.